The van der Waals surface area contributed by atoms with Gasteiger partial charge in [0.25, 0.3) is 5.56 Å². The average Bonchev–Trinajstić information content (AvgIpc) is 3.09. The molecule has 4 rings (SSSR count). The molecule has 2 N–H and O–H groups in total. The largest absolute Gasteiger partial charge is 0.508 e. The molecule has 158 valence electrons. The van der Waals surface area contributed by atoms with Crippen LogP contribution < -0.4 is 10.9 Å². The first-order valence-corrected chi connectivity index (χ1v) is 10.1. The van der Waals surface area contributed by atoms with Crippen molar-refractivity contribution in [1.82, 2.24) is 4.57 Å². The standard InChI is InChI=1S/C22H16F2N2O4S/c1-2-30-22(29)20-19(25-17-9-3-12(23)11-16(17)24)15-8-10-18(28)26(21(15)31-20)13-4-6-14(27)7-5-13/h3-11,25,27H,2H2,1H3. The van der Waals surface area contributed by atoms with E-state index in [4.69, 9.17) is 4.74 Å². The van der Waals surface area contributed by atoms with E-state index in [0.29, 0.717) is 15.9 Å². The van der Waals surface area contributed by atoms with Gasteiger partial charge in [0.2, 0.25) is 0 Å². The molecule has 6 nitrogen and oxygen atoms in total. The van der Waals surface area contributed by atoms with Crippen molar-refractivity contribution in [2.75, 3.05) is 11.9 Å². The molecule has 0 atom stereocenters. The van der Waals surface area contributed by atoms with E-state index in [0.717, 1.165) is 23.5 Å². The van der Waals surface area contributed by atoms with E-state index >= 15 is 0 Å². The van der Waals surface area contributed by atoms with E-state index in [2.05, 4.69) is 5.32 Å². The fraction of sp³-hybridized carbons (Fsp3) is 0.0909. The summed E-state index contributed by atoms with van der Waals surface area (Å²) in [6, 6.07) is 11.9. The third kappa shape index (κ3) is 3.87. The molecule has 0 radical (unpaired) electrons. The number of phenolic OH excluding ortho intramolecular Hbond substituents is 1. The number of hydrogen-bond donors (Lipinski definition) is 2. The van der Waals surface area contributed by atoms with Crippen LogP contribution in [0.15, 0.2) is 59.4 Å². The van der Waals surface area contributed by atoms with Crippen LogP contribution in [0.3, 0.4) is 0 Å². The molecule has 0 saturated heterocycles. The summed E-state index contributed by atoms with van der Waals surface area (Å²) in [4.78, 5) is 25.8. The normalized spacial score (nSPS) is 10.9. The Morgan fingerprint density at radius 1 is 1.13 bits per heavy atom. The van der Waals surface area contributed by atoms with E-state index in [9.17, 15) is 23.5 Å². The molecule has 0 aliphatic rings. The van der Waals surface area contributed by atoms with Crippen LogP contribution in [0.2, 0.25) is 0 Å². The zero-order valence-corrected chi connectivity index (χ0v) is 17.0. The van der Waals surface area contributed by atoms with Gasteiger partial charge in [-0.3, -0.25) is 9.36 Å². The molecule has 31 heavy (non-hydrogen) atoms. The van der Waals surface area contributed by atoms with Crippen LogP contribution >= 0.6 is 11.3 Å². The number of carbonyl (C=O) groups is 1. The highest BCUT2D eigenvalue weighted by Gasteiger charge is 2.23. The number of benzene rings is 2. The lowest BCUT2D eigenvalue weighted by Gasteiger charge is -2.10. The van der Waals surface area contributed by atoms with Crippen molar-refractivity contribution in [3.8, 4) is 11.4 Å². The molecule has 0 saturated carbocycles. The molecule has 0 amide bonds. The number of esters is 1. The molecule has 2 heterocycles. The summed E-state index contributed by atoms with van der Waals surface area (Å²) < 4.78 is 34.1. The summed E-state index contributed by atoms with van der Waals surface area (Å²) in [6.45, 7) is 1.78. The molecule has 0 bridgehead atoms. The lowest BCUT2D eigenvalue weighted by molar-refractivity contribution is 0.0533. The maximum atomic E-state index is 14.3. The minimum atomic E-state index is -0.832. The second-order valence-corrected chi connectivity index (χ2v) is 7.52. The Kier molecular flexibility index (Phi) is 5.43. The second kappa shape index (κ2) is 8.19. The van der Waals surface area contributed by atoms with Crippen molar-refractivity contribution in [1.29, 1.82) is 0 Å². The lowest BCUT2D eigenvalue weighted by atomic mass is 10.2. The quantitative estimate of drug-likeness (QED) is 0.427. The number of carbonyl (C=O) groups excluding carboxylic acids is 1. The predicted molar refractivity (Wildman–Crippen MR) is 115 cm³/mol. The van der Waals surface area contributed by atoms with Gasteiger partial charge >= 0.3 is 5.97 Å². The van der Waals surface area contributed by atoms with Gasteiger partial charge < -0.3 is 15.2 Å². The van der Waals surface area contributed by atoms with Crippen molar-refractivity contribution >= 4 is 38.9 Å². The van der Waals surface area contributed by atoms with Gasteiger partial charge in [0, 0.05) is 17.5 Å². The number of anilines is 2. The molecule has 0 fully saturated rings. The number of nitrogens with one attached hydrogen (secondary N) is 1. The van der Waals surface area contributed by atoms with Crippen LogP contribution in [0.4, 0.5) is 20.2 Å². The van der Waals surface area contributed by atoms with Crippen molar-refractivity contribution in [3.63, 3.8) is 0 Å². The summed E-state index contributed by atoms with van der Waals surface area (Å²) in [6.07, 6.45) is 0. The van der Waals surface area contributed by atoms with E-state index in [1.165, 1.54) is 34.9 Å². The van der Waals surface area contributed by atoms with Crippen LogP contribution in [0.25, 0.3) is 15.9 Å². The maximum Gasteiger partial charge on any atom is 0.350 e. The van der Waals surface area contributed by atoms with Crippen LogP contribution in [0.1, 0.15) is 16.6 Å². The summed E-state index contributed by atoms with van der Waals surface area (Å²) in [5, 5.41) is 12.9. The van der Waals surface area contributed by atoms with Crippen LogP contribution in [0, 0.1) is 11.6 Å². The minimum Gasteiger partial charge on any atom is -0.508 e. The van der Waals surface area contributed by atoms with Crippen molar-refractivity contribution in [3.05, 3.63) is 81.5 Å². The van der Waals surface area contributed by atoms with Crippen LogP contribution in [-0.2, 0) is 4.74 Å². The SMILES string of the molecule is CCOC(=O)c1sc2c(ccc(=O)n2-c2ccc(O)cc2)c1Nc1ccc(F)cc1F. The number of nitrogens with zero attached hydrogens (tertiary/aromatic N) is 1. The number of thiophene rings is 1. The Labute approximate surface area is 179 Å². The summed E-state index contributed by atoms with van der Waals surface area (Å²) in [5.41, 5.74) is 0.337. The lowest BCUT2D eigenvalue weighted by Crippen LogP contribution is -2.16. The van der Waals surface area contributed by atoms with Crippen molar-refractivity contribution in [2.45, 2.75) is 6.92 Å². The van der Waals surface area contributed by atoms with Gasteiger partial charge in [-0.2, -0.15) is 0 Å². The Hall–Kier alpha value is -3.72. The summed E-state index contributed by atoms with van der Waals surface area (Å²) in [7, 11) is 0. The highest BCUT2D eigenvalue weighted by molar-refractivity contribution is 7.21. The third-order valence-corrected chi connectivity index (χ3v) is 5.67. The Morgan fingerprint density at radius 2 is 1.87 bits per heavy atom. The first kappa shape index (κ1) is 20.5. The van der Waals surface area contributed by atoms with Gasteiger partial charge in [0.1, 0.15) is 27.1 Å². The molecule has 4 aromatic rings. The predicted octanol–water partition coefficient (Wildman–Crippen LogP) is 4.96. The Balaban J connectivity index is 1.96. The van der Waals surface area contributed by atoms with Gasteiger partial charge in [0.15, 0.2) is 0 Å². The highest BCUT2D eigenvalue weighted by atomic mass is 32.1. The number of aromatic hydroxyl groups is 1. The van der Waals surface area contributed by atoms with Crippen LogP contribution in [0.5, 0.6) is 5.75 Å². The number of hydrogen-bond acceptors (Lipinski definition) is 6. The summed E-state index contributed by atoms with van der Waals surface area (Å²) >= 11 is 1.01. The fourth-order valence-electron chi connectivity index (χ4n) is 3.12. The number of aromatic nitrogens is 1. The first-order valence-electron chi connectivity index (χ1n) is 9.26. The van der Waals surface area contributed by atoms with Gasteiger partial charge in [0.05, 0.1) is 23.7 Å². The molecule has 0 unspecified atom stereocenters. The molecule has 0 spiro atoms. The fourth-order valence-corrected chi connectivity index (χ4v) is 4.28. The van der Waals surface area contributed by atoms with Gasteiger partial charge in [-0.15, -0.1) is 11.3 Å². The molecule has 0 aliphatic heterocycles. The van der Waals surface area contributed by atoms with Gasteiger partial charge in [-0.25, -0.2) is 13.6 Å². The van der Waals surface area contributed by atoms with E-state index in [-0.39, 0.29) is 34.2 Å². The Bertz CT molecular complexity index is 1350. The maximum absolute atomic E-state index is 14.3. The minimum absolute atomic E-state index is 0.0333. The zero-order chi connectivity index (χ0) is 22.1. The van der Waals surface area contributed by atoms with Crippen molar-refractivity contribution in [2.24, 2.45) is 0 Å². The molecule has 2 aromatic heterocycles. The molecule has 0 aliphatic carbocycles. The number of pyridine rings is 1. The smallest absolute Gasteiger partial charge is 0.350 e. The number of fused-ring (bicyclic) bond motifs is 1. The monoisotopic (exact) mass is 442 g/mol. The third-order valence-electron chi connectivity index (χ3n) is 4.50. The van der Waals surface area contributed by atoms with Crippen LogP contribution in [-0.4, -0.2) is 22.2 Å². The molecular formula is C22H16F2N2O4S. The topological polar surface area (TPSA) is 80.6 Å². The first-order chi connectivity index (χ1) is 14.9. The second-order valence-electron chi connectivity index (χ2n) is 6.52. The number of phenols is 1. The molecular weight excluding hydrogens is 426 g/mol. The number of rotatable bonds is 5. The number of ether oxygens (including phenoxy) is 1. The highest BCUT2D eigenvalue weighted by Crippen LogP contribution is 2.39. The Morgan fingerprint density at radius 3 is 2.55 bits per heavy atom. The van der Waals surface area contributed by atoms with Crippen molar-refractivity contribution < 1.29 is 23.4 Å². The zero-order valence-electron chi connectivity index (χ0n) is 16.2. The number of halogens is 2. The van der Waals surface area contributed by atoms with E-state index in [1.54, 1.807) is 19.1 Å². The van der Waals surface area contributed by atoms with Gasteiger partial charge in [-0.1, -0.05) is 0 Å². The summed E-state index contributed by atoms with van der Waals surface area (Å²) in [5.74, 6) is -2.17. The van der Waals surface area contributed by atoms with E-state index in [1.807, 2.05) is 0 Å². The average molecular weight is 442 g/mol. The molecule has 2 aromatic carbocycles. The molecule has 9 heteroatoms. The van der Waals surface area contributed by atoms with Gasteiger partial charge in [-0.05, 0) is 49.4 Å². The van der Waals surface area contributed by atoms with E-state index < -0.39 is 17.6 Å².